The Balaban J connectivity index is 1.34. The summed E-state index contributed by atoms with van der Waals surface area (Å²) in [6.45, 7) is 0. The molecule has 0 N–H and O–H groups in total. The van der Waals surface area contributed by atoms with Crippen LogP contribution < -0.4 is 5.56 Å². The summed E-state index contributed by atoms with van der Waals surface area (Å²) in [6, 6.07) is 11.9. The van der Waals surface area contributed by atoms with Crippen molar-refractivity contribution < 1.29 is 0 Å². The minimum atomic E-state index is -0.204. The van der Waals surface area contributed by atoms with Crippen LogP contribution in [0.5, 0.6) is 0 Å². The maximum absolute atomic E-state index is 13.2. The Morgan fingerprint density at radius 3 is 2.23 bits per heavy atom. The molecule has 4 atom stereocenters. The second kappa shape index (κ2) is 7.74. The van der Waals surface area contributed by atoms with Gasteiger partial charge in [0.15, 0.2) is 0 Å². The van der Waals surface area contributed by atoms with Crippen LogP contribution in [0.1, 0.15) is 82.4 Å². The van der Waals surface area contributed by atoms with E-state index in [1.54, 1.807) is 0 Å². The molecular weight excluding hydrogens is 384 g/mol. The number of rotatable bonds is 2. The molecule has 1 aromatic carbocycles. The number of para-hydroxylation sites is 2. The Labute approximate surface area is 184 Å². The zero-order chi connectivity index (χ0) is 20.9. The van der Waals surface area contributed by atoms with Crippen molar-refractivity contribution in [2.75, 3.05) is 0 Å². The number of hydrogen-bond acceptors (Lipinski definition) is 4. The van der Waals surface area contributed by atoms with Crippen molar-refractivity contribution >= 4 is 11.0 Å². The van der Waals surface area contributed by atoms with E-state index in [0.29, 0.717) is 12.1 Å². The Morgan fingerprint density at radius 2 is 1.52 bits per heavy atom. The maximum atomic E-state index is 13.2. The molecule has 2 saturated carbocycles. The normalized spacial score (nSPS) is 35.6. The molecule has 3 heterocycles. The van der Waals surface area contributed by atoms with Gasteiger partial charge in [-0.3, -0.25) is 9.69 Å². The predicted molar refractivity (Wildman–Crippen MR) is 121 cm³/mol. The Morgan fingerprint density at radius 1 is 0.839 bits per heavy atom. The molecule has 4 unspecified atom stereocenters. The highest BCUT2D eigenvalue weighted by molar-refractivity contribution is 5.75. The zero-order valence-corrected chi connectivity index (χ0v) is 18.2. The van der Waals surface area contributed by atoms with E-state index in [0.717, 1.165) is 41.8 Å². The first-order valence-electron chi connectivity index (χ1n) is 12.4. The van der Waals surface area contributed by atoms with E-state index in [9.17, 15) is 10.1 Å². The lowest BCUT2D eigenvalue weighted by Gasteiger charge is -2.55. The molecule has 162 valence electrons. The molecular formula is C26H32N4O. The lowest BCUT2D eigenvalue weighted by Crippen LogP contribution is -2.58. The third kappa shape index (κ3) is 3.31. The zero-order valence-electron chi connectivity index (χ0n) is 18.2. The van der Waals surface area contributed by atoms with Crippen LogP contribution in [-0.4, -0.2) is 32.6 Å². The van der Waals surface area contributed by atoms with E-state index in [2.05, 4.69) is 9.88 Å². The SMILES string of the molecule is N#Cc1nc2ccccc2n(C2CC3CCCC(C2)N3C2CC3CCCC(C3)C2)c1=O. The van der Waals surface area contributed by atoms with Crippen molar-refractivity contribution in [3.05, 3.63) is 40.3 Å². The van der Waals surface area contributed by atoms with Crippen molar-refractivity contribution in [3.8, 4) is 6.07 Å². The number of fused-ring (bicyclic) bond motifs is 5. The van der Waals surface area contributed by atoms with E-state index in [-0.39, 0.29) is 17.3 Å². The van der Waals surface area contributed by atoms with Gasteiger partial charge >= 0.3 is 0 Å². The van der Waals surface area contributed by atoms with Gasteiger partial charge in [-0.25, -0.2) is 4.98 Å². The quantitative estimate of drug-likeness (QED) is 0.706. The number of aromatic nitrogens is 2. The minimum absolute atomic E-state index is 0.0337. The Bertz CT molecular complexity index is 1060. The van der Waals surface area contributed by atoms with Crippen LogP contribution in [-0.2, 0) is 0 Å². The van der Waals surface area contributed by atoms with Gasteiger partial charge in [0, 0.05) is 24.2 Å². The lowest BCUT2D eigenvalue weighted by molar-refractivity contribution is -0.0485. The summed E-state index contributed by atoms with van der Waals surface area (Å²) >= 11 is 0. The molecule has 0 spiro atoms. The van der Waals surface area contributed by atoms with Gasteiger partial charge in [0.25, 0.3) is 5.56 Å². The first-order valence-corrected chi connectivity index (χ1v) is 12.4. The Hall–Kier alpha value is -2.19. The first kappa shape index (κ1) is 19.5. The molecule has 2 aliphatic carbocycles. The summed E-state index contributed by atoms with van der Waals surface area (Å²) in [7, 11) is 0. The minimum Gasteiger partial charge on any atom is -0.301 e. The molecule has 4 fully saturated rings. The number of nitrogens with zero attached hydrogens (tertiary/aromatic N) is 4. The lowest BCUT2D eigenvalue weighted by atomic mass is 9.68. The van der Waals surface area contributed by atoms with E-state index in [1.807, 2.05) is 34.9 Å². The molecule has 2 aromatic rings. The van der Waals surface area contributed by atoms with Crippen LogP contribution in [0.3, 0.4) is 0 Å². The molecule has 4 bridgehead atoms. The summed E-state index contributed by atoms with van der Waals surface area (Å²) in [5.74, 6) is 1.89. The molecule has 5 nitrogen and oxygen atoms in total. The van der Waals surface area contributed by atoms with Crippen LogP contribution in [0.4, 0.5) is 0 Å². The van der Waals surface area contributed by atoms with Gasteiger partial charge in [0.05, 0.1) is 11.0 Å². The number of hydrogen-bond donors (Lipinski definition) is 0. The largest absolute Gasteiger partial charge is 0.301 e. The van der Waals surface area contributed by atoms with Crippen LogP contribution >= 0.6 is 0 Å². The van der Waals surface area contributed by atoms with E-state index < -0.39 is 0 Å². The van der Waals surface area contributed by atoms with Gasteiger partial charge in [-0.05, 0) is 68.9 Å². The maximum Gasteiger partial charge on any atom is 0.288 e. The van der Waals surface area contributed by atoms with Crippen molar-refractivity contribution in [1.29, 1.82) is 5.26 Å². The van der Waals surface area contributed by atoms with Crippen molar-refractivity contribution in [3.63, 3.8) is 0 Å². The van der Waals surface area contributed by atoms with Crippen molar-refractivity contribution in [2.45, 2.75) is 94.8 Å². The second-order valence-corrected chi connectivity index (χ2v) is 10.6. The average molecular weight is 417 g/mol. The van der Waals surface area contributed by atoms with Crippen LogP contribution in [0, 0.1) is 23.2 Å². The summed E-state index contributed by atoms with van der Waals surface area (Å²) in [6.07, 6.45) is 14.4. The van der Waals surface area contributed by atoms with Gasteiger partial charge in [0.2, 0.25) is 5.69 Å². The fraction of sp³-hybridized carbons (Fsp3) is 0.654. The molecule has 31 heavy (non-hydrogen) atoms. The van der Waals surface area contributed by atoms with Crippen LogP contribution in [0.25, 0.3) is 11.0 Å². The van der Waals surface area contributed by atoms with Gasteiger partial charge in [-0.2, -0.15) is 5.26 Å². The van der Waals surface area contributed by atoms with Gasteiger partial charge in [0.1, 0.15) is 6.07 Å². The fourth-order valence-corrected chi connectivity index (χ4v) is 7.73. The summed E-state index contributed by atoms with van der Waals surface area (Å²) in [5, 5.41) is 9.52. The first-order chi connectivity index (χ1) is 15.2. The second-order valence-electron chi connectivity index (χ2n) is 10.6. The average Bonchev–Trinajstić information content (AvgIpc) is 2.77. The number of piperidine rings is 2. The summed E-state index contributed by atoms with van der Waals surface area (Å²) < 4.78 is 1.93. The molecule has 5 heteroatoms. The third-order valence-corrected chi connectivity index (χ3v) is 8.80. The monoisotopic (exact) mass is 416 g/mol. The predicted octanol–water partition coefficient (Wildman–Crippen LogP) is 4.79. The molecule has 2 aliphatic heterocycles. The van der Waals surface area contributed by atoms with E-state index in [4.69, 9.17) is 0 Å². The standard InChI is InChI=1S/C26H32N4O/c27-16-24-26(31)30(25-10-2-1-9-23(25)28-24)22-14-19-7-4-8-20(15-22)29(19)21-12-17-5-3-6-18(11-17)13-21/h1-2,9-10,17-22H,3-8,11-15H2. The number of nitriles is 1. The molecule has 1 aromatic heterocycles. The highest BCUT2D eigenvalue weighted by atomic mass is 16.1. The smallest absolute Gasteiger partial charge is 0.288 e. The number of benzene rings is 1. The molecule has 0 amide bonds. The van der Waals surface area contributed by atoms with Crippen LogP contribution in [0.2, 0.25) is 0 Å². The van der Waals surface area contributed by atoms with Gasteiger partial charge < -0.3 is 4.57 Å². The topological polar surface area (TPSA) is 61.9 Å². The van der Waals surface area contributed by atoms with Crippen molar-refractivity contribution in [1.82, 2.24) is 14.5 Å². The molecule has 2 saturated heterocycles. The third-order valence-electron chi connectivity index (χ3n) is 8.80. The molecule has 6 rings (SSSR count). The molecule has 4 aliphatic rings. The van der Waals surface area contributed by atoms with Gasteiger partial charge in [-0.15, -0.1) is 0 Å². The highest BCUT2D eigenvalue weighted by Gasteiger charge is 2.45. The van der Waals surface area contributed by atoms with E-state index >= 15 is 0 Å². The van der Waals surface area contributed by atoms with Crippen LogP contribution in [0.15, 0.2) is 29.1 Å². The molecule has 0 radical (unpaired) electrons. The fourth-order valence-electron chi connectivity index (χ4n) is 7.73. The van der Waals surface area contributed by atoms with E-state index in [1.165, 1.54) is 57.8 Å². The highest BCUT2D eigenvalue weighted by Crippen LogP contribution is 2.47. The summed E-state index contributed by atoms with van der Waals surface area (Å²) in [5.41, 5.74) is 1.47. The van der Waals surface area contributed by atoms with Crippen molar-refractivity contribution in [2.24, 2.45) is 11.8 Å². The summed E-state index contributed by atoms with van der Waals surface area (Å²) in [4.78, 5) is 20.5. The van der Waals surface area contributed by atoms with Gasteiger partial charge in [-0.1, -0.05) is 37.8 Å². The Kier molecular flexibility index (Phi) is 4.87.